The molecule has 0 unspecified atom stereocenters. The van der Waals surface area contributed by atoms with Gasteiger partial charge in [0.2, 0.25) is 0 Å². The monoisotopic (exact) mass is 139 g/mol. The zero-order valence-corrected chi connectivity index (χ0v) is 4.97. The summed E-state index contributed by atoms with van der Waals surface area (Å²) in [5.41, 5.74) is 5.78. The van der Waals surface area contributed by atoms with Crippen molar-refractivity contribution in [2.75, 3.05) is 5.73 Å². The van der Waals surface area contributed by atoms with Crippen LogP contribution in [0.4, 0.5) is 5.95 Å². The van der Waals surface area contributed by atoms with E-state index in [9.17, 15) is 0 Å². The summed E-state index contributed by atoms with van der Waals surface area (Å²) in [4.78, 5) is 8.22. The van der Waals surface area contributed by atoms with Gasteiger partial charge in [0, 0.05) is 0 Å². The maximum absolute atomic E-state index is 9.04. The first kappa shape index (κ1) is 5.10. The number of imidazole rings is 1. The molecule has 0 bridgehead atoms. The molecule has 2 heterocycles. The first-order valence-corrected chi connectivity index (χ1v) is 2.65. The van der Waals surface area contributed by atoms with Crippen molar-refractivity contribution in [1.29, 1.82) is 0 Å². The van der Waals surface area contributed by atoms with Crippen molar-refractivity contribution in [2.24, 2.45) is 0 Å². The molecule has 6 nitrogen and oxygen atoms in total. The van der Waals surface area contributed by atoms with Gasteiger partial charge in [0.1, 0.15) is 6.33 Å². The number of hydrogen-bond donors (Lipinski definition) is 2. The van der Waals surface area contributed by atoms with Crippen LogP contribution >= 0.6 is 0 Å². The Morgan fingerprint density at radius 1 is 1.60 bits per heavy atom. The van der Waals surface area contributed by atoms with Gasteiger partial charge in [0.25, 0.3) is 5.95 Å². The number of nitrogen functional groups attached to an aromatic ring is 1. The highest BCUT2D eigenvalue weighted by Crippen LogP contribution is 2.02. The summed E-state index contributed by atoms with van der Waals surface area (Å²) in [6, 6.07) is 0. The lowest BCUT2D eigenvalue weighted by Crippen LogP contribution is -2.03. The van der Waals surface area contributed by atoms with Crippen molar-refractivity contribution in [3.05, 3.63) is 12.5 Å². The van der Waals surface area contributed by atoms with E-state index < -0.39 is 0 Å². The number of nitrogens with zero attached hydrogens (tertiary/aromatic N) is 4. The van der Waals surface area contributed by atoms with Crippen LogP contribution in [-0.4, -0.2) is 24.5 Å². The van der Waals surface area contributed by atoms with E-state index in [2.05, 4.69) is 9.97 Å². The SMILES string of the molecule is Nc1nc2cncn2n1O. The molecule has 6 heteroatoms. The van der Waals surface area contributed by atoms with Crippen LogP contribution in [0, 0.1) is 0 Å². The van der Waals surface area contributed by atoms with Crippen LogP contribution in [0.25, 0.3) is 5.65 Å². The lowest BCUT2D eigenvalue weighted by atomic mass is 10.8. The lowest BCUT2D eigenvalue weighted by Gasteiger charge is -1.90. The molecule has 52 valence electrons. The van der Waals surface area contributed by atoms with Gasteiger partial charge in [0.15, 0.2) is 5.65 Å². The fourth-order valence-electron chi connectivity index (χ4n) is 0.780. The van der Waals surface area contributed by atoms with Gasteiger partial charge in [-0.05, 0) is 0 Å². The van der Waals surface area contributed by atoms with Crippen LogP contribution < -0.4 is 5.73 Å². The minimum Gasteiger partial charge on any atom is -0.410 e. The molecule has 0 amide bonds. The van der Waals surface area contributed by atoms with Crippen LogP contribution in [0.15, 0.2) is 12.5 Å². The van der Waals surface area contributed by atoms with E-state index in [0.29, 0.717) is 5.65 Å². The van der Waals surface area contributed by atoms with Gasteiger partial charge < -0.3 is 10.9 Å². The van der Waals surface area contributed by atoms with Gasteiger partial charge in [0.05, 0.1) is 6.20 Å². The third kappa shape index (κ3) is 0.426. The normalized spacial score (nSPS) is 10.8. The summed E-state index contributed by atoms with van der Waals surface area (Å²) in [5, 5.41) is 9.04. The van der Waals surface area contributed by atoms with Crippen molar-refractivity contribution in [2.45, 2.75) is 0 Å². The summed E-state index contributed by atoms with van der Waals surface area (Å²) in [7, 11) is 0. The minimum absolute atomic E-state index is 0.0531. The average Bonchev–Trinajstić information content (AvgIpc) is 2.41. The molecule has 0 saturated heterocycles. The lowest BCUT2D eigenvalue weighted by molar-refractivity contribution is 0.142. The van der Waals surface area contributed by atoms with Crippen LogP contribution in [0.5, 0.6) is 0 Å². The Morgan fingerprint density at radius 2 is 2.40 bits per heavy atom. The van der Waals surface area contributed by atoms with Gasteiger partial charge in [-0.1, -0.05) is 4.85 Å². The summed E-state index contributed by atoms with van der Waals surface area (Å²) in [6.45, 7) is 0. The quantitative estimate of drug-likeness (QED) is 0.475. The molecular weight excluding hydrogens is 134 g/mol. The number of hydrogen-bond acceptors (Lipinski definition) is 4. The molecule has 2 aromatic heterocycles. The zero-order chi connectivity index (χ0) is 7.14. The third-order valence-electron chi connectivity index (χ3n) is 1.24. The van der Waals surface area contributed by atoms with Gasteiger partial charge in [-0.25, -0.2) is 4.98 Å². The van der Waals surface area contributed by atoms with Gasteiger partial charge in [-0.15, -0.1) is 0 Å². The van der Waals surface area contributed by atoms with Gasteiger partial charge in [-0.3, -0.25) is 0 Å². The van der Waals surface area contributed by atoms with E-state index in [4.69, 9.17) is 10.9 Å². The topological polar surface area (TPSA) is 81.4 Å². The Hall–Kier alpha value is -1.72. The Labute approximate surface area is 55.5 Å². The molecular formula is C4H5N5O. The number of nitrogens with two attached hydrogens (primary N) is 1. The van der Waals surface area contributed by atoms with Crippen molar-refractivity contribution >= 4 is 11.6 Å². The summed E-state index contributed by atoms with van der Waals surface area (Å²) in [6.07, 6.45) is 2.92. The van der Waals surface area contributed by atoms with Crippen molar-refractivity contribution in [3.8, 4) is 0 Å². The van der Waals surface area contributed by atoms with E-state index in [1.54, 1.807) is 0 Å². The summed E-state index contributed by atoms with van der Waals surface area (Å²) < 4.78 is 1.33. The summed E-state index contributed by atoms with van der Waals surface area (Å²) >= 11 is 0. The highest BCUT2D eigenvalue weighted by atomic mass is 16.5. The number of rotatable bonds is 0. The molecule has 0 aromatic carbocycles. The molecule has 0 fully saturated rings. The van der Waals surface area contributed by atoms with E-state index in [0.717, 1.165) is 4.85 Å². The Morgan fingerprint density at radius 3 is 3.10 bits per heavy atom. The van der Waals surface area contributed by atoms with E-state index in [-0.39, 0.29) is 5.95 Å². The molecule has 2 aromatic rings. The second-order valence-electron chi connectivity index (χ2n) is 1.86. The van der Waals surface area contributed by atoms with Crippen molar-refractivity contribution in [1.82, 2.24) is 19.3 Å². The highest BCUT2D eigenvalue weighted by molar-refractivity contribution is 5.39. The Bertz CT molecular complexity index is 360. The van der Waals surface area contributed by atoms with Gasteiger partial charge >= 0.3 is 0 Å². The molecule has 2 rings (SSSR count). The van der Waals surface area contributed by atoms with Crippen LogP contribution in [0.1, 0.15) is 0 Å². The Balaban J connectivity index is 2.95. The number of aromatic nitrogens is 4. The number of anilines is 1. The fraction of sp³-hybridized carbons (Fsp3) is 0. The second-order valence-corrected chi connectivity index (χ2v) is 1.86. The number of fused-ring (bicyclic) bond motifs is 1. The smallest absolute Gasteiger partial charge is 0.255 e. The van der Waals surface area contributed by atoms with Crippen LogP contribution in [-0.2, 0) is 0 Å². The molecule has 0 aliphatic carbocycles. The van der Waals surface area contributed by atoms with Crippen LogP contribution in [0.3, 0.4) is 0 Å². The molecule has 3 N–H and O–H groups in total. The predicted octanol–water partition coefficient (Wildman–Crippen LogP) is -0.650. The first-order valence-electron chi connectivity index (χ1n) is 2.65. The fourth-order valence-corrected chi connectivity index (χ4v) is 0.780. The van der Waals surface area contributed by atoms with Gasteiger partial charge in [-0.2, -0.15) is 9.50 Å². The molecule has 0 saturated carbocycles. The Kier molecular flexibility index (Phi) is 0.717. The maximum atomic E-state index is 9.04. The maximum Gasteiger partial charge on any atom is 0.255 e. The highest BCUT2D eigenvalue weighted by Gasteiger charge is 2.03. The molecule has 0 aliphatic rings. The minimum atomic E-state index is 0.0531. The predicted molar refractivity (Wildman–Crippen MR) is 32.6 cm³/mol. The third-order valence-corrected chi connectivity index (χ3v) is 1.24. The van der Waals surface area contributed by atoms with Crippen LogP contribution in [0.2, 0.25) is 0 Å². The first-order chi connectivity index (χ1) is 4.79. The molecule has 0 radical (unpaired) electrons. The second kappa shape index (κ2) is 1.41. The van der Waals surface area contributed by atoms with E-state index in [1.807, 2.05) is 0 Å². The average molecular weight is 139 g/mol. The summed E-state index contributed by atoms with van der Waals surface area (Å²) in [5.74, 6) is 0.0531. The molecule has 0 atom stereocenters. The van der Waals surface area contributed by atoms with E-state index in [1.165, 1.54) is 17.0 Å². The van der Waals surface area contributed by atoms with Crippen molar-refractivity contribution < 1.29 is 5.21 Å². The van der Waals surface area contributed by atoms with E-state index >= 15 is 0 Å². The van der Waals surface area contributed by atoms with Crippen molar-refractivity contribution in [3.63, 3.8) is 0 Å². The standard InChI is InChI=1S/C4H5N5O/c5-4-7-3-1-6-2-8(3)9(4)10/h1-2,10H,(H2,5,7). The molecule has 0 aliphatic heterocycles. The zero-order valence-electron chi connectivity index (χ0n) is 4.97. The molecule has 10 heavy (non-hydrogen) atoms. The molecule has 0 spiro atoms. The largest absolute Gasteiger partial charge is 0.410 e.